The molecule has 5 heteroatoms. The molecule has 14 heavy (non-hydrogen) atoms. The lowest BCUT2D eigenvalue weighted by molar-refractivity contribution is 0.0695. The van der Waals surface area contributed by atoms with E-state index in [1.165, 1.54) is 6.07 Å². The van der Waals surface area contributed by atoms with Crippen LogP contribution in [0.15, 0.2) is 16.6 Å². The third kappa shape index (κ3) is 2.06. The number of nitriles is 1. The van der Waals surface area contributed by atoms with E-state index in [2.05, 4.69) is 15.9 Å². The summed E-state index contributed by atoms with van der Waals surface area (Å²) in [5, 5.41) is 17.6. The zero-order valence-corrected chi connectivity index (χ0v) is 9.26. The maximum Gasteiger partial charge on any atom is 0.337 e. The number of carboxylic acids is 1. The SMILES string of the molecule is N#Cc1cc(Br)cc(CCl)c1C(=O)O. The van der Waals surface area contributed by atoms with Crippen molar-refractivity contribution in [3.05, 3.63) is 33.3 Å². The number of aromatic carboxylic acids is 1. The first-order valence-corrected chi connectivity index (χ1v) is 4.94. The molecule has 0 atom stereocenters. The van der Waals surface area contributed by atoms with Crippen LogP contribution in [0.4, 0.5) is 0 Å². The number of alkyl halides is 1. The number of carboxylic acid groups (broad SMARTS) is 1. The molecule has 1 aromatic rings. The maximum absolute atomic E-state index is 10.8. The second-order valence-corrected chi connectivity index (χ2v) is 3.72. The third-order valence-corrected chi connectivity index (χ3v) is 2.41. The molecule has 1 rings (SSSR count). The number of benzene rings is 1. The van der Waals surface area contributed by atoms with Gasteiger partial charge in [-0.05, 0) is 17.7 Å². The van der Waals surface area contributed by atoms with Crippen LogP contribution in [0.2, 0.25) is 0 Å². The van der Waals surface area contributed by atoms with Crippen molar-refractivity contribution in [2.24, 2.45) is 0 Å². The summed E-state index contributed by atoms with van der Waals surface area (Å²) in [7, 11) is 0. The highest BCUT2D eigenvalue weighted by molar-refractivity contribution is 9.10. The van der Waals surface area contributed by atoms with E-state index in [0.29, 0.717) is 10.0 Å². The molecule has 1 N–H and O–H groups in total. The number of carbonyl (C=O) groups is 1. The van der Waals surface area contributed by atoms with Crippen molar-refractivity contribution < 1.29 is 9.90 Å². The second kappa shape index (κ2) is 4.45. The largest absolute Gasteiger partial charge is 0.478 e. The summed E-state index contributed by atoms with van der Waals surface area (Å²) in [6, 6.07) is 4.88. The minimum Gasteiger partial charge on any atom is -0.478 e. The normalized spacial score (nSPS) is 9.50. The summed E-state index contributed by atoms with van der Waals surface area (Å²) in [4.78, 5) is 10.8. The molecular formula is C9H5BrClNO2. The topological polar surface area (TPSA) is 61.1 Å². The summed E-state index contributed by atoms with van der Waals surface area (Å²) in [5.74, 6) is -1.07. The Balaban J connectivity index is 3.50. The van der Waals surface area contributed by atoms with Gasteiger partial charge in [-0.15, -0.1) is 11.6 Å². The number of nitrogens with zero attached hydrogens (tertiary/aromatic N) is 1. The van der Waals surface area contributed by atoms with E-state index < -0.39 is 5.97 Å². The fraction of sp³-hybridized carbons (Fsp3) is 0.111. The highest BCUT2D eigenvalue weighted by Gasteiger charge is 2.15. The molecule has 0 saturated carbocycles. The van der Waals surface area contributed by atoms with Gasteiger partial charge in [-0.2, -0.15) is 5.26 Å². The Labute approximate surface area is 94.0 Å². The Bertz CT molecular complexity index is 426. The van der Waals surface area contributed by atoms with Gasteiger partial charge in [0, 0.05) is 10.4 Å². The van der Waals surface area contributed by atoms with Crippen LogP contribution in [-0.2, 0) is 5.88 Å². The Morgan fingerprint density at radius 3 is 2.71 bits per heavy atom. The Hall–Kier alpha value is -1.05. The van der Waals surface area contributed by atoms with Crippen LogP contribution in [0.1, 0.15) is 21.5 Å². The molecule has 1 aromatic carbocycles. The van der Waals surface area contributed by atoms with Crippen molar-refractivity contribution in [2.45, 2.75) is 5.88 Å². The molecule has 0 bridgehead atoms. The Morgan fingerprint density at radius 1 is 1.64 bits per heavy atom. The summed E-state index contributed by atoms with van der Waals surface area (Å²) < 4.78 is 0.648. The van der Waals surface area contributed by atoms with Gasteiger partial charge in [0.25, 0.3) is 0 Å². The molecule has 0 amide bonds. The maximum atomic E-state index is 10.8. The molecule has 0 aliphatic carbocycles. The zero-order valence-electron chi connectivity index (χ0n) is 6.92. The third-order valence-electron chi connectivity index (χ3n) is 1.66. The van der Waals surface area contributed by atoms with E-state index in [1.54, 1.807) is 6.07 Å². The van der Waals surface area contributed by atoms with Crippen LogP contribution in [0.5, 0.6) is 0 Å². The van der Waals surface area contributed by atoms with Crippen molar-refractivity contribution in [1.29, 1.82) is 5.26 Å². The van der Waals surface area contributed by atoms with Crippen LogP contribution in [0.3, 0.4) is 0 Å². The first-order valence-electron chi connectivity index (χ1n) is 3.62. The Morgan fingerprint density at radius 2 is 2.29 bits per heavy atom. The van der Waals surface area contributed by atoms with Gasteiger partial charge in [0.05, 0.1) is 11.1 Å². The van der Waals surface area contributed by atoms with Crippen LogP contribution in [0, 0.1) is 11.3 Å². The second-order valence-electron chi connectivity index (χ2n) is 2.54. The van der Waals surface area contributed by atoms with Crippen LogP contribution in [0.25, 0.3) is 0 Å². The first kappa shape index (κ1) is 11.0. The van der Waals surface area contributed by atoms with Gasteiger partial charge in [-0.3, -0.25) is 0 Å². The van der Waals surface area contributed by atoms with Gasteiger partial charge in [-0.25, -0.2) is 4.79 Å². The average molecular weight is 275 g/mol. The zero-order chi connectivity index (χ0) is 10.7. The molecule has 0 heterocycles. The van der Waals surface area contributed by atoms with Crippen molar-refractivity contribution >= 4 is 33.5 Å². The summed E-state index contributed by atoms with van der Waals surface area (Å²) >= 11 is 8.76. The summed E-state index contributed by atoms with van der Waals surface area (Å²) in [6.45, 7) is 0. The average Bonchev–Trinajstić information content (AvgIpc) is 2.15. The predicted octanol–water partition coefficient (Wildman–Crippen LogP) is 2.76. The number of hydrogen-bond acceptors (Lipinski definition) is 2. The van der Waals surface area contributed by atoms with Crippen molar-refractivity contribution in [1.82, 2.24) is 0 Å². The number of rotatable bonds is 2. The number of halogens is 2. The van der Waals surface area contributed by atoms with E-state index in [4.69, 9.17) is 22.0 Å². The minimum absolute atomic E-state index is 0.0225. The van der Waals surface area contributed by atoms with Gasteiger partial charge in [0.15, 0.2) is 0 Å². The summed E-state index contributed by atoms with van der Waals surface area (Å²) in [5.41, 5.74) is 0.526. The van der Waals surface area contributed by atoms with Crippen LogP contribution >= 0.6 is 27.5 Å². The van der Waals surface area contributed by atoms with E-state index in [9.17, 15) is 4.79 Å². The van der Waals surface area contributed by atoms with Gasteiger partial charge < -0.3 is 5.11 Å². The van der Waals surface area contributed by atoms with Crippen molar-refractivity contribution in [3.63, 3.8) is 0 Å². The monoisotopic (exact) mass is 273 g/mol. The predicted molar refractivity (Wildman–Crippen MR) is 55.4 cm³/mol. The highest BCUT2D eigenvalue weighted by atomic mass is 79.9. The van der Waals surface area contributed by atoms with Gasteiger partial charge in [0.2, 0.25) is 0 Å². The molecule has 0 aliphatic rings. The fourth-order valence-electron chi connectivity index (χ4n) is 1.11. The van der Waals surface area contributed by atoms with Crippen LogP contribution < -0.4 is 0 Å². The van der Waals surface area contributed by atoms with E-state index in [-0.39, 0.29) is 17.0 Å². The molecule has 3 nitrogen and oxygen atoms in total. The standard InChI is InChI=1S/C9H5BrClNO2/c10-7-1-5(3-11)8(9(13)14)6(2-7)4-12/h1-2H,3H2,(H,13,14). The Kier molecular flexibility index (Phi) is 3.50. The lowest BCUT2D eigenvalue weighted by atomic mass is 10.0. The molecule has 0 aromatic heterocycles. The van der Waals surface area contributed by atoms with E-state index in [0.717, 1.165) is 0 Å². The smallest absolute Gasteiger partial charge is 0.337 e. The van der Waals surface area contributed by atoms with Gasteiger partial charge in [-0.1, -0.05) is 15.9 Å². The van der Waals surface area contributed by atoms with Crippen molar-refractivity contribution in [2.75, 3.05) is 0 Å². The molecule has 0 unspecified atom stereocenters. The number of hydrogen-bond donors (Lipinski definition) is 1. The summed E-state index contributed by atoms with van der Waals surface area (Å²) in [6.07, 6.45) is 0. The molecule has 0 radical (unpaired) electrons. The first-order chi connectivity index (χ1) is 6.60. The highest BCUT2D eigenvalue weighted by Crippen LogP contribution is 2.22. The van der Waals surface area contributed by atoms with Gasteiger partial charge >= 0.3 is 5.97 Å². The van der Waals surface area contributed by atoms with E-state index in [1.807, 2.05) is 6.07 Å². The molecule has 72 valence electrons. The van der Waals surface area contributed by atoms with Crippen molar-refractivity contribution in [3.8, 4) is 6.07 Å². The molecule has 0 spiro atoms. The van der Waals surface area contributed by atoms with Gasteiger partial charge in [0.1, 0.15) is 6.07 Å². The lowest BCUT2D eigenvalue weighted by Crippen LogP contribution is -2.04. The van der Waals surface area contributed by atoms with Crippen LogP contribution in [-0.4, -0.2) is 11.1 Å². The van der Waals surface area contributed by atoms with E-state index >= 15 is 0 Å². The fourth-order valence-corrected chi connectivity index (χ4v) is 1.83. The lowest BCUT2D eigenvalue weighted by Gasteiger charge is -2.05. The molecular weight excluding hydrogens is 269 g/mol. The minimum atomic E-state index is -1.13. The molecule has 0 saturated heterocycles. The molecule has 0 aliphatic heterocycles. The molecule has 0 fully saturated rings. The quantitative estimate of drug-likeness (QED) is 0.844.